The Hall–Kier alpha value is -3.98. The quantitative estimate of drug-likeness (QED) is 0.303. The number of esters is 1. The van der Waals surface area contributed by atoms with Gasteiger partial charge in [0.05, 0.1) is 19.8 Å². The molecule has 1 aromatic carbocycles. The number of anilines is 4. The van der Waals surface area contributed by atoms with Crippen molar-refractivity contribution in [1.82, 2.24) is 9.97 Å². The van der Waals surface area contributed by atoms with Crippen molar-refractivity contribution in [2.24, 2.45) is 5.92 Å². The lowest BCUT2D eigenvalue weighted by Gasteiger charge is -2.28. The zero-order valence-electron chi connectivity index (χ0n) is 22.7. The second-order valence-electron chi connectivity index (χ2n) is 9.64. The van der Waals surface area contributed by atoms with Crippen LogP contribution in [0.25, 0.3) is 11.1 Å². The summed E-state index contributed by atoms with van der Waals surface area (Å²) in [6.07, 6.45) is 1.79. The molecular formula is C29H36N6O3. The third-order valence-electron chi connectivity index (χ3n) is 6.37. The second-order valence-corrected chi connectivity index (χ2v) is 9.64. The fraction of sp³-hybridized carbons (Fsp3) is 0.379. The van der Waals surface area contributed by atoms with Gasteiger partial charge < -0.3 is 30.0 Å². The Labute approximate surface area is 224 Å². The third-order valence-corrected chi connectivity index (χ3v) is 6.37. The predicted octanol–water partition coefficient (Wildman–Crippen LogP) is 4.99. The van der Waals surface area contributed by atoms with Crippen molar-refractivity contribution in [2.75, 3.05) is 62.1 Å². The van der Waals surface area contributed by atoms with Crippen LogP contribution in [0.4, 0.5) is 23.0 Å². The summed E-state index contributed by atoms with van der Waals surface area (Å²) in [5, 5.41) is 12.4. The molecule has 4 rings (SSSR count). The van der Waals surface area contributed by atoms with Gasteiger partial charge in [-0.05, 0) is 54.8 Å². The van der Waals surface area contributed by atoms with E-state index in [-0.39, 0.29) is 18.2 Å². The average molecular weight is 517 g/mol. The molecule has 38 heavy (non-hydrogen) atoms. The van der Waals surface area contributed by atoms with Crippen LogP contribution >= 0.6 is 0 Å². The molecule has 200 valence electrons. The number of aromatic nitrogens is 2. The molecule has 3 aromatic rings. The summed E-state index contributed by atoms with van der Waals surface area (Å²) in [5.41, 5.74) is 4.52. The topological polar surface area (TPSA) is 104 Å². The van der Waals surface area contributed by atoms with Gasteiger partial charge >= 0.3 is 5.97 Å². The van der Waals surface area contributed by atoms with Crippen LogP contribution in [0.5, 0.6) is 0 Å². The van der Waals surface area contributed by atoms with Gasteiger partial charge in [-0.1, -0.05) is 19.9 Å². The summed E-state index contributed by atoms with van der Waals surface area (Å²) in [6.45, 7) is 8.89. The molecule has 1 saturated heterocycles. The molecule has 1 aliphatic heterocycles. The van der Waals surface area contributed by atoms with Crippen molar-refractivity contribution in [1.29, 1.82) is 5.41 Å². The molecule has 0 radical (unpaired) electrons. The average Bonchev–Trinajstić information content (AvgIpc) is 2.93. The van der Waals surface area contributed by atoms with Crippen molar-refractivity contribution >= 4 is 34.7 Å². The number of morpholine rings is 1. The van der Waals surface area contributed by atoms with Gasteiger partial charge in [0, 0.05) is 61.6 Å². The largest absolute Gasteiger partial charge is 0.461 e. The fourth-order valence-corrected chi connectivity index (χ4v) is 4.26. The van der Waals surface area contributed by atoms with Crippen LogP contribution in [0.2, 0.25) is 0 Å². The number of nitrogens with one attached hydrogen (secondary N) is 2. The molecule has 2 N–H and O–H groups in total. The van der Waals surface area contributed by atoms with Gasteiger partial charge in [0.2, 0.25) is 0 Å². The summed E-state index contributed by atoms with van der Waals surface area (Å²) in [5.74, 6) is 0.714. The van der Waals surface area contributed by atoms with Crippen LogP contribution in [0.3, 0.4) is 0 Å². The molecule has 9 heteroatoms. The molecule has 1 aliphatic rings. The number of pyridine rings is 2. The Morgan fingerprint density at radius 2 is 1.95 bits per heavy atom. The van der Waals surface area contributed by atoms with Crippen molar-refractivity contribution in [3.05, 3.63) is 59.9 Å². The molecule has 0 bridgehead atoms. The molecule has 0 unspecified atom stereocenters. The smallest absolute Gasteiger partial charge is 0.357 e. The molecule has 0 saturated carbocycles. The molecule has 0 aliphatic carbocycles. The van der Waals surface area contributed by atoms with Crippen molar-refractivity contribution < 1.29 is 14.3 Å². The molecule has 2 aromatic heterocycles. The van der Waals surface area contributed by atoms with E-state index in [1.807, 2.05) is 69.2 Å². The zero-order valence-corrected chi connectivity index (χ0v) is 22.7. The van der Waals surface area contributed by atoms with E-state index in [0.717, 1.165) is 35.8 Å². The van der Waals surface area contributed by atoms with E-state index in [0.29, 0.717) is 35.9 Å². The number of nitrogens with zero attached hydrogens (tertiary/aromatic N) is 4. The summed E-state index contributed by atoms with van der Waals surface area (Å²) in [7, 11) is 3.95. The number of rotatable bonds is 9. The SMILES string of the molecule is CCOC(=O)c1cc(-c2ccc(N3CCOCC3)nc2)c(C(=N)C(C)C)c(Nc2cccc(N(C)C)c2)n1. The second kappa shape index (κ2) is 12.0. The minimum absolute atomic E-state index is 0.0711. The highest BCUT2D eigenvalue weighted by Crippen LogP contribution is 2.34. The van der Waals surface area contributed by atoms with Gasteiger partial charge in [0.25, 0.3) is 0 Å². The van der Waals surface area contributed by atoms with Crippen LogP contribution in [0, 0.1) is 11.3 Å². The van der Waals surface area contributed by atoms with Crippen LogP contribution in [0.15, 0.2) is 48.7 Å². The fourth-order valence-electron chi connectivity index (χ4n) is 4.26. The first kappa shape index (κ1) is 27.1. The normalized spacial score (nSPS) is 13.4. The van der Waals surface area contributed by atoms with Gasteiger partial charge in [0.1, 0.15) is 11.6 Å². The number of carbonyl (C=O) groups excluding carboxylic acids is 1. The summed E-state index contributed by atoms with van der Waals surface area (Å²) in [6, 6.07) is 13.6. The van der Waals surface area contributed by atoms with Crippen LogP contribution in [-0.4, -0.2) is 68.7 Å². The van der Waals surface area contributed by atoms with Crippen molar-refractivity contribution in [2.45, 2.75) is 20.8 Å². The maximum atomic E-state index is 12.8. The Balaban J connectivity index is 1.85. The Morgan fingerprint density at radius 1 is 1.18 bits per heavy atom. The molecule has 9 nitrogen and oxygen atoms in total. The highest BCUT2D eigenvalue weighted by molar-refractivity contribution is 6.10. The number of ether oxygens (including phenoxy) is 2. The van der Waals surface area contributed by atoms with E-state index >= 15 is 0 Å². The van der Waals surface area contributed by atoms with Crippen molar-refractivity contribution in [3.8, 4) is 11.1 Å². The van der Waals surface area contributed by atoms with Crippen molar-refractivity contribution in [3.63, 3.8) is 0 Å². The lowest BCUT2D eigenvalue weighted by Crippen LogP contribution is -2.36. The summed E-state index contributed by atoms with van der Waals surface area (Å²) < 4.78 is 10.8. The lowest BCUT2D eigenvalue weighted by molar-refractivity contribution is 0.0519. The van der Waals surface area contributed by atoms with E-state index in [2.05, 4.69) is 15.2 Å². The van der Waals surface area contributed by atoms with E-state index in [1.54, 1.807) is 19.2 Å². The van der Waals surface area contributed by atoms with Gasteiger partial charge in [-0.15, -0.1) is 0 Å². The first-order chi connectivity index (χ1) is 18.3. The highest BCUT2D eigenvalue weighted by Gasteiger charge is 2.24. The van der Waals surface area contributed by atoms with E-state index < -0.39 is 5.97 Å². The van der Waals surface area contributed by atoms with Gasteiger partial charge in [-0.3, -0.25) is 0 Å². The number of benzene rings is 1. The number of carbonyl (C=O) groups is 1. The number of hydrogen-bond acceptors (Lipinski definition) is 9. The van der Waals surface area contributed by atoms with Gasteiger partial charge in [-0.2, -0.15) is 0 Å². The van der Waals surface area contributed by atoms with Crippen LogP contribution in [-0.2, 0) is 9.47 Å². The van der Waals surface area contributed by atoms with E-state index in [4.69, 9.17) is 19.9 Å². The first-order valence-corrected chi connectivity index (χ1v) is 12.9. The zero-order chi connectivity index (χ0) is 27.2. The monoisotopic (exact) mass is 516 g/mol. The standard InChI is InChI=1S/C29H36N6O3/c1-6-38-29(36)24-17-23(20-10-11-25(31-18-20)35-12-14-37-15-13-35)26(27(30)19(2)3)28(33-24)32-21-8-7-9-22(16-21)34(4)5/h7-11,16-19,30H,6,12-15H2,1-5H3,(H,32,33). The van der Waals surface area contributed by atoms with Gasteiger partial charge in [0.15, 0.2) is 5.69 Å². The Morgan fingerprint density at radius 3 is 2.58 bits per heavy atom. The Bertz CT molecular complexity index is 1280. The molecule has 1 fully saturated rings. The van der Waals surface area contributed by atoms with E-state index in [1.165, 1.54) is 0 Å². The van der Waals surface area contributed by atoms with Crippen LogP contribution < -0.4 is 15.1 Å². The molecule has 0 amide bonds. The summed E-state index contributed by atoms with van der Waals surface area (Å²) in [4.78, 5) is 26.4. The predicted molar refractivity (Wildman–Crippen MR) is 152 cm³/mol. The lowest BCUT2D eigenvalue weighted by atomic mass is 9.92. The number of hydrogen-bond donors (Lipinski definition) is 2. The van der Waals surface area contributed by atoms with Gasteiger partial charge in [-0.25, -0.2) is 14.8 Å². The molecular weight excluding hydrogens is 480 g/mol. The third kappa shape index (κ3) is 6.11. The molecule has 0 spiro atoms. The molecule has 0 atom stereocenters. The maximum Gasteiger partial charge on any atom is 0.357 e. The minimum Gasteiger partial charge on any atom is -0.461 e. The summed E-state index contributed by atoms with van der Waals surface area (Å²) >= 11 is 0. The molecule has 3 heterocycles. The maximum absolute atomic E-state index is 12.8. The van der Waals surface area contributed by atoms with E-state index in [9.17, 15) is 4.79 Å². The van der Waals surface area contributed by atoms with Crippen LogP contribution in [0.1, 0.15) is 36.8 Å². The highest BCUT2D eigenvalue weighted by atomic mass is 16.5. The minimum atomic E-state index is -0.514. The first-order valence-electron chi connectivity index (χ1n) is 12.9. The Kier molecular flexibility index (Phi) is 8.58.